The second-order valence-corrected chi connectivity index (χ2v) is 8.41. The van der Waals surface area contributed by atoms with E-state index in [2.05, 4.69) is 17.4 Å². The summed E-state index contributed by atoms with van der Waals surface area (Å²) in [6.07, 6.45) is 4.27. The van der Waals surface area contributed by atoms with Crippen molar-refractivity contribution in [3.05, 3.63) is 64.2 Å². The average molecular weight is 404 g/mol. The molecule has 0 unspecified atom stereocenters. The summed E-state index contributed by atoms with van der Waals surface area (Å²) in [5, 5.41) is 3.71. The highest BCUT2D eigenvalue weighted by Gasteiger charge is 2.16. The van der Waals surface area contributed by atoms with Crippen molar-refractivity contribution < 1.29 is 9.53 Å². The third-order valence-corrected chi connectivity index (χ3v) is 6.01. The van der Waals surface area contributed by atoms with E-state index in [0.29, 0.717) is 6.54 Å². The number of amides is 1. The van der Waals surface area contributed by atoms with Crippen LogP contribution in [-0.2, 0) is 23.4 Å². The number of nitrogens with one attached hydrogen (secondary N) is 1. The summed E-state index contributed by atoms with van der Waals surface area (Å²) in [6.45, 7) is 2.44. The lowest BCUT2D eigenvalue weighted by atomic mass is 9.92. The molecule has 0 radical (unpaired) electrons. The minimum absolute atomic E-state index is 0.0696. The largest absolute Gasteiger partial charge is 0.481 e. The molecule has 5 heteroatoms. The molecule has 1 atom stereocenters. The van der Waals surface area contributed by atoms with E-state index in [9.17, 15) is 4.79 Å². The molecule has 2 aromatic rings. The Morgan fingerprint density at radius 2 is 1.89 bits per heavy atom. The number of benzene rings is 2. The Kier molecular flexibility index (Phi) is 7.48. The number of rotatable bonds is 8. The van der Waals surface area contributed by atoms with Gasteiger partial charge in [0, 0.05) is 23.1 Å². The first-order valence-electron chi connectivity index (χ1n) is 9.50. The molecule has 1 aliphatic rings. The molecule has 3 rings (SSSR count). The van der Waals surface area contributed by atoms with Crippen molar-refractivity contribution in [1.29, 1.82) is 0 Å². The maximum atomic E-state index is 12.2. The Labute approximate surface area is 170 Å². The Bertz CT molecular complexity index is 763. The highest BCUT2D eigenvalue weighted by Crippen LogP contribution is 2.25. The van der Waals surface area contributed by atoms with Gasteiger partial charge in [0.15, 0.2) is 6.10 Å². The van der Waals surface area contributed by atoms with Gasteiger partial charge in [0.1, 0.15) is 5.75 Å². The first kappa shape index (κ1) is 20.1. The molecule has 1 aliphatic carbocycles. The zero-order valence-electron chi connectivity index (χ0n) is 15.7. The van der Waals surface area contributed by atoms with E-state index < -0.39 is 6.10 Å². The fraction of sp³-hybridized carbons (Fsp3) is 0.409. The van der Waals surface area contributed by atoms with E-state index in [1.165, 1.54) is 29.5 Å². The minimum atomic E-state index is -0.493. The van der Waals surface area contributed by atoms with Crippen LogP contribution in [0.2, 0.25) is 5.02 Å². The highest BCUT2D eigenvalue weighted by molar-refractivity contribution is 7.98. The summed E-state index contributed by atoms with van der Waals surface area (Å²) < 4.78 is 5.85. The molecule has 144 valence electrons. The van der Waals surface area contributed by atoms with E-state index in [1.807, 2.05) is 30.3 Å². The van der Waals surface area contributed by atoms with Gasteiger partial charge in [0.2, 0.25) is 0 Å². The number of fused-ring (bicyclic) bond motifs is 1. The number of carbonyl (C=O) groups is 1. The minimum Gasteiger partial charge on any atom is -0.481 e. The molecule has 0 aromatic heterocycles. The molecule has 3 nitrogen and oxygen atoms in total. The molecule has 0 spiro atoms. The van der Waals surface area contributed by atoms with Crippen LogP contribution < -0.4 is 10.1 Å². The summed E-state index contributed by atoms with van der Waals surface area (Å²) in [5.74, 6) is 2.49. The topological polar surface area (TPSA) is 38.3 Å². The predicted molar refractivity (Wildman–Crippen MR) is 114 cm³/mol. The third-order valence-electron chi connectivity index (χ3n) is 4.73. The quantitative estimate of drug-likeness (QED) is 0.628. The van der Waals surface area contributed by atoms with Crippen molar-refractivity contribution in [3.63, 3.8) is 0 Å². The smallest absolute Gasteiger partial charge is 0.260 e. The number of aryl methyl sites for hydroxylation is 2. The van der Waals surface area contributed by atoms with Crippen molar-refractivity contribution in [2.45, 2.75) is 44.5 Å². The van der Waals surface area contributed by atoms with Crippen LogP contribution in [0.5, 0.6) is 5.75 Å². The Morgan fingerprint density at radius 1 is 1.15 bits per heavy atom. The molecule has 1 amide bonds. The molecule has 0 saturated carbocycles. The molecule has 1 N–H and O–H groups in total. The first-order valence-corrected chi connectivity index (χ1v) is 11.0. The Morgan fingerprint density at radius 3 is 2.67 bits per heavy atom. The van der Waals surface area contributed by atoms with Crippen LogP contribution in [0.1, 0.15) is 36.5 Å². The molecule has 27 heavy (non-hydrogen) atoms. The van der Waals surface area contributed by atoms with Crippen molar-refractivity contribution in [2.75, 3.05) is 12.3 Å². The standard InChI is InChI=1S/C22H26ClNO2S/c1-16(26-21-11-8-18-4-2-3-5-19(18)14-21)22(25)24-12-13-27-15-17-6-9-20(23)10-7-17/h6-11,14,16H,2-5,12-13,15H2,1H3,(H,24,25)/t16-/m1/s1. The van der Waals surface area contributed by atoms with Gasteiger partial charge in [-0.15, -0.1) is 0 Å². The number of ether oxygens (including phenoxy) is 1. The molecule has 0 fully saturated rings. The lowest BCUT2D eigenvalue weighted by Gasteiger charge is -2.19. The third kappa shape index (κ3) is 6.18. The van der Waals surface area contributed by atoms with Gasteiger partial charge in [0.05, 0.1) is 0 Å². The van der Waals surface area contributed by atoms with Gasteiger partial charge in [-0.1, -0.05) is 29.8 Å². The zero-order chi connectivity index (χ0) is 19.1. The monoisotopic (exact) mass is 403 g/mol. The fourth-order valence-corrected chi connectivity index (χ4v) is 4.15. The molecule has 0 aliphatic heterocycles. The number of halogens is 1. The zero-order valence-corrected chi connectivity index (χ0v) is 17.2. The summed E-state index contributed by atoms with van der Waals surface area (Å²) in [7, 11) is 0. The van der Waals surface area contributed by atoms with Crippen LogP contribution in [0.15, 0.2) is 42.5 Å². The Hall–Kier alpha value is -1.65. The molecular weight excluding hydrogens is 378 g/mol. The lowest BCUT2D eigenvalue weighted by Crippen LogP contribution is -2.37. The second-order valence-electron chi connectivity index (χ2n) is 6.87. The number of carbonyl (C=O) groups excluding carboxylic acids is 1. The molecule has 0 saturated heterocycles. The maximum absolute atomic E-state index is 12.2. The van der Waals surface area contributed by atoms with Crippen molar-refractivity contribution >= 4 is 29.3 Å². The normalized spacial score (nSPS) is 14.3. The van der Waals surface area contributed by atoms with Gasteiger partial charge in [0.25, 0.3) is 5.91 Å². The van der Waals surface area contributed by atoms with Gasteiger partial charge >= 0.3 is 0 Å². The van der Waals surface area contributed by atoms with E-state index in [0.717, 1.165) is 35.1 Å². The van der Waals surface area contributed by atoms with E-state index >= 15 is 0 Å². The van der Waals surface area contributed by atoms with Crippen LogP contribution in [-0.4, -0.2) is 24.3 Å². The van der Waals surface area contributed by atoms with Crippen LogP contribution in [0.3, 0.4) is 0 Å². The average Bonchev–Trinajstić information content (AvgIpc) is 2.69. The van der Waals surface area contributed by atoms with E-state index in [-0.39, 0.29) is 5.91 Å². The maximum Gasteiger partial charge on any atom is 0.260 e. The van der Waals surface area contributed by atoms with Crippen LogP contribution in [0.25, 0.3) is 0 Å². The van der Waals surface area contributed by atoms with Gasteiger partial charge in [-0.3, -0.25) is 4.79 Å². The van der Waals surface area contributed by atoms with Crippen LogP contribution in [0, 0.1) is 0 Å². The summed E-state index contributed by atoms with van der Waals surface area (Å²) in [6, 6.07) is 14.1. The van der Waals surface area contributed by atoms with Gasteiger partial charge in [-0.05, 0) is 73.6 Å². The van der Waals surface area contributed by atoms with Crippen molar-refractivity contribution in [1.82, 2.24) is 5.32 Å². The predicted octanol–water partition coefficient (Wildman–Crippen LogP) is 5.04. The van der Waals surface area contributed by atoms with E-state index in [1.54, 1.807) is 18.7 Å². The van der Waals surface area contributed by atoms with Gasteiger partial charge in [-0.2, -0.15) is 11.8 Å². The van der Waals surface area contributed by atoms with E-state index in [4.69, 9.17) is 16.3 Å². The summed E-state index contributed by atoms with van der Waals surface area (Å²) in [4.78, 5) is 12.2. The fourth-order valence-electron chi connectivity index (χ4n) is 3.20. The summed E-state index contributed by atoms with van der Waals surface area (Å²) in [5.41, 5.74) is 4.02. The molecule has 0 bridgehead atoms. The van der Waals surface area contributed by atoms with Gasteiger partial charge < -0.3 is 10.1 Å². The van der Waals surface area contributed by atoms with Crippen LogP contribution in [0.4, 0.5) is 0 Å². The number of hydrogen-bond acceptors (Lipinski definition) is 3. The SMILES string of the molecule is C[C@@H](Oc1ccc2c(c1)CCCC2)C(=O)NCCSCc1ccc(Cl)cc1. The molecule has 0 heterocycles. The lowest BCUT2D eigenvalue weighted by molar-refractivity contribution is -0.127. The number of thioether (sulfide) groups is 1. The number of hydrogen-bond donors (Lipinski definition) is 1. The Balaban J connectivity index is 1.37. The van der Waals surface area contributed by atoms with Crippen molar-refractivity contribution in [3.8, 4) is 5.75 Å². The highest BCUT2D eigenvalue weighted by atomic mass is 35.5. The molecular formula is C22H26ClNO2S. The van der Waals surface area contributed by atoms with Gasteiger partial charge in [-0.25, -0.2) is 0 Å². The van der Waals surface area contributed by atoms with Crippen LogP contribution >= 0.6 is 23.4 Å². The second kappa shape index (κ2) is 10.0. The first-order chi connectivity index (χ1) is 13.1. The van der Waals surface area contributed by atoms with Crippen molar-refractivity contribution in [2.24, 2.45) is 0 Å². The summed E-state index contributed by atoms with van der Waals surface area (Å²) >= 11 is 7.67. The molecule has 2 aromatic carbocycles.